The Kier molecular flexibility index (Phi) is 0.942. The third kappa shape index (κ3) is 0.648. The van der Waals surface area contributed by atoms with Crippen LogP contribution in [0.2, 0.25) is 0 Å². The van der Waals surface area contributed by atoms with Crippen LogP contribution in [0.25, 0.3) is 0 Å². The lowest BCUT2D eigenvalue weighted by molar-refractivity contribution is 0.777. The molecule has 1 saturated carbocycles. The van der Waals surface area contributed by atoms with Gasteiger partial charge >= 0.3 is 0 Å². The first-order valence-corrected chi connectivity index (χ1v) is 2.66. The predicted molar refractivity (Wildman–Crippen MR) is 32.6 cm³/mol. The molecule has 0 aliphatic heterocycles. The molecule has 46 valence electrons. The van der Waals surface area contributed by atoms with Gasteiger partial charge in [0, 0.05) is 11.9 Å². The van der Waals surface area contributed by atoms with Gasteiger partial charge in [-0.1, -0.05) is 0 Å². The maximum absolute atomic E-state index is 5.63. The van der Waals surface area contributed by atoms with Gasteiger partial charge in [-0.3, -0.25) is 0 Å². The van der Waals surface area contributed by atoms with Crippen molar-refractivity contribution in [3.63, 3.8) is 0 Å². The van der Waals surface area contributed by atoms with E-state index in [2.05, 4.69) is 0 Å². The Labute approximate surface area is 48.5 Å². The average Bonchev–Trinajstić information content (AvgIpc) is 2.47. The molecule has 8 heavy (non-hydrogen) atoms. The molecule has 1 aliphatic rings. The Morgan fingerprint density at radius 1 is 1.50 bits per heavy atom. The van der Waals surface area contributed by atoms with Crippen LogP contribution >= 0.6 is 0 Å². The zero-order chi connectivity index (χ0) is 6.20. The summed E-state index contributed by atoms with van der Waals surface area (Å²) in [7, 11) is 0. The first-order chi connectivity index (χ1) is 3.69. The smallest absolute Gasteiger partial charge is 0.0572 e. The molecule has 0 unspecified atom stereocenters. The predicted octanol–water partition coefficient (Wildman–Crippen LogP) is -0.764. The van der Waals surface area contributed by atoms with Gasteiger partial charge in [0.15, 0.2) is 0 Å². The van der Waals surface area contributed by atoms with Crippen LogP contribution in [0, 0.1) is 0 Å². The van der Waals surface area contributed by atoms with Crippen molar-refractivity contribution in [2.45, 2.75) is 18.4 Å². The maximum atomic E-state index is 5.63. The van der Waals surface area contributed by atoms with Crippen molar-refractivity contribution in [2.75, 3.05) is 0 Å². The third-order valence-electron chi connectivity index (χ3n) is 1.54. The highest BCUT2D eigenvalue weighted by Gasteiger charge is 2.40. The minimum atomic E-state index is -0.227. The molecule has 0 spiro atoms. The second-order valence-electron chi connectivity index (χ2n) is 2.28. The van der Waals surface area contributed by atoms with Crippen molar-refractivity contribution in [2.24, 2.45) is 17.2 Å². The molecule has 1 rings (SSSR count). The Balaban J connectivity index is 2.59. The number of hydrogen-bond acceptors (Lipinski definition) is 3. The van der Waals surface area contributed by atoms with Gasteiger partial charge in [0.2, 0.25) is 0 Å². The molecular formula is C5H11N3. The fourth-order valence-corrected chi connectivity index (χ4v) is 0.589. The van der Waals surface area contributed by atoms with Gasteiger partial charge in [0.05, 0.1) is 5.54 Å². The molecule has 3 nitrogen and oxygen atoms in total. The fraction of sp³-hybridized carbons (Fsp3) is 0.600. The molecule has 1 aliphatic carbocycles. The van der Waals surface area contributed by atoms with E-state index in [-0.39, 0.29) is 5.54 Å². The third-order valence-corrected chi connectivity index (χ3v) is 1.54. The quantitative estimate of drug-likeness (QED) is 0.418. The van der Waals surface area contributed by atoms with Crippen LogP contribution in [0.4, 0.5) is 0 Å². The Morgan fingerprint density at radius 3 is 2.12 bits per heavy atom. The molecule has 1 fully saturated rings. The maximum Gasteiger partial charge on any atom is 0.0572 e. The molecule has 0 bridgehead atoms. The summed E-state index contributed by atoms with van der Waals surface area (Å²) in [4.78, 5) is 0. The first-order valence-electron chi connectivity index (χ1n) is 2.66. The van der Waals surface area contributed by atoms with E-state index in [1.165, 1.54) is 6.20 Å². The van der Waals surface area contributed by atoms with Gasteiger partial charge < -0.3 is 17.2 Å². The fourth-order valence-electron chi connectivity index (χ4n) is 0.589. The van der Waals surface area contributed by atoms with E-state index in [9.17, 15) is 0 Å². The lowest BCUT2D eigenvalue weighted by Gasteiger charge is -2.05. The van der Waals surface area contributed by atoms with Crippen molar-refractivity contribution in [3.8, 4) is 0 Å². The topological polar surface area (TPSA) is 78.1 Å². The summed E-state index contributed by atoms with van der Waals surface area (Å²) in [5.41, 5.74) is 16.6. The van der Waals surface area contributed by atoms with Crippen LogP contribution in [-0.2, 0) is 0 Å². The van der Waals surface area contributed by atoms with Gasteiger partial charge in [0.25, 0.3) is 0 Å². The minimum Gasteiger partial charge on any atom is -0.403 e. The van der Waals surface area contributed by atoms with Crippen molar-refractivity contribution in [1.29, 1.82) is 0 Å². The van der Waals surface area contributed by atoms with Gasteiger partial charge in [-0.2, -0.15) is 0 Å². The number of nitrogens with two attached hydrogens (primary N) is 3. The summed E-state index contributed by atoms with van der Waals surface area (Å²) in [6.45, 7) is 0. The van der Waals surface area contributed by atoms with E-state index in [0.29, 0.717) is 5.70 Å². The normalized spacial score (nSPS) is 25.4. The van der Waals surface area contributed by atoms with Crippen LogP contribution in [0.5, 0.6) is 0 Å². The zero-order valence-electron chi connectivity index (χ0n) is 4.72. The van der Waals surface area contributed by atoms with Crippen molar-refractivity contribution in [1.82, 2.24) is 0 Å². The Morgan fingerprint density at radius 2 is 2.00 bits per heavy atom. The van der Waals surface area contributed by atoms with Crippen molar-refractivity contribution < 1.29 is 0 Å². The van der Waals surface area contributed by atoms with Crippen LogP contribution in [-0.4, -0.2) is 5.54 Å². The molecule has 3 heteroatoms. The summed E-state index contributed by atoms with van der Waals surface area (Å²) in [5.74, 6) is 0. The van der Waals surface area contributed by atoms with E-state index >= 15 is 0 Å². The van der Waals surface area contributed by atoms with Crippen LogP contribution in [0.3, 0.4) is 0 Å². The SMILES string of the molecule is N/C=C(\N)C1(N)CC1. The lowest BCUT2D eigenvalue weighted by atomic mass is 10.2. The average molecular weight is 113 g/mol. The largest absolute Gasteiger partial charge is 0.403 e. The molecule has 0 heterocycles. The number of rotatable bonds is 1. The highest BCUT2D eigenvalue weighted by Crippen LogP contribution is 2.36. The van der Waals surface area contributed by atoms with Crippen LogP contribution in [0.1, 0.15) is 12.8 Å². The molecule has 0 radical (unpaired) electrons. The zero-order valence-corrected chi connectivity index (χ0v) is 4.72. The monoisotopic (exact) mass is 113 g/mol. The molecule has 6 N–H and O–H groups in total. The lowest BCUT2D eigenvalue weighted by Crippen LogP contribution is -2.30. The second-order valence-corrected chi connectivity index (χ2v) is 2.28. The summed E-state index contributed by atoms with van der Waals surface area (Å²) in [6.07, 6.45) is 3.34. The molecule has 0 atom stereocenters. The van der Waals surface area contributed by atoms with E-state index < -0.39 is 0 Å². The highest BCUT2D eigenvalue weighted by molar-refractivity contribution is 5.23. The van der Waals surface area contributed by atoms with Crippen LogP contribution < -0.4 is 17.2 Å². The molecule has 0 amide bonds. The highest BCUT2D eigenvalue weighted by atomic mass is 14.9. The van der Waals surface area contributed by atoms with Gasteiger partial charge in [-0.05, 0) is 12.8 Å². The minimum absolute atomic E-state index is 0.227. The van der Waals surface area contributed by atoms with E-state index in [1.54, 1.807) is 0 Å². The van der Waals surface area contributed by atoms with E-state index in [1.807, 2.05) is 0 Å². The second kappa shape index (κ2) is 1.39. The van der Waals surface area contributed by atoms with Crippen molar-refractivity contribution >= 4 is 0 Å². The summed E-state index contributed by atoms with van der Waals surface area (Å²) < 4.78 is 0. The molecular weight excluding hydrogens is 102 g/mol. The van der Waals surface area contributed by atoms with Gasteiger partial charge in [-0.25, -0.2) is 0 Å². The van der Waals surface area contributed by atoms with Crippen molar-refractivity contribution in [3.05, 3.63) is 11.9 Å². The van der Waals surface area contributed by atoms with Crippen LogP contribution in [0.15, 0.2) is 11.9 Å². The van der Waals surface area contributed by atoms with Gasteiger partial charge in [0.1, 0.15) is 0 Å². The standard InChI is InChI=1S/C5H11N3/c6-3-4(7)5(8)1-2-5/h3H,1-2,6-8H2/b4-3-. The Bertz CT molecular complexity index is 124. The molecule has 0 saturated heterocycles. The summed E-state index contributed by atoms with van der Waals surface area (Å²) in [5, 5.41) is 0. The van der Waals surface area contributed by atoms with E-state index in [4.69, 9.17) is 17.2 Å². The first kappa shape index (κ1) is 5.44. The van der Waals surface area contributed by atoms with Gasteiger partial charge in [-0.15, -0.1) is 0 Å². The molecule has 0 aromatic rings. The Hall–Kier alpha value is -0.700. The summed E-state index contributed by atoms with van der Waals surface area (Å²) >= 11 is 0. The molecule has 0 aromatic carbocycles. The van der Waals surface area contributed by atoms with E-state index in [0.717, 1.165) is 12.8 Å². The molecule has 0 aromatic heterocycles. The number of hydrogen-bond donors (Lipinski definition) is 3. The summed E-state index contributed by atoms with van der Waals surface area (Å²) in [6, 6.07) is 0.